The number of anilines is 1. The van der Waals surface area contributed by atoms with Crippen LogP contribution in [0.2, 0.25) is 0 Å². The molecule has 5 nitrogen and oxygen atoms in total. The summed E-state index contributed by atoms with van der Waals surface area (Å²) in [6.45, 7) is 0.208. The summed E-state index contributed by atoms with van der Waals surface area (Å²) in [7, 11) is 0. The van der Waals surface area contributed by atoms with E-state index in [1.165, 1.54) is 6.07 Å². The molecule has 0 atom stereocenters. The number of carboxylic acids is 2. The van der Waals surface area contributed by atoms with E-state index in [1.807, 2.05) is 0 Å². The molecule has 1 aromatic carbocycles. The zero-order chi connectivity index (χ0) is 11.3. The molecule has 0 saturated carbocycles. The van der Waals surface area contributed by atoms with Gasteiger partial charge in [-0.25, -0.2) is 4.79 Å². The van der Waals surface area contributed by atoms with Gasteiger partial charge in [0.2, 0.25) is 0 Å². The van der Waals surface area contributed by atoms with Crippen molar-refractivity contribution >= 4 is 17.6 Å². The number of hydrogen-bond donors (Lipinski definition) is 3. The third-order valence-corrected chi connectivity index (χ3v) is 1.81. The molecule has 15 heavy (non-hydrogen) atoms. The van der Waals surface area contributed by atoms with Crippen LogP contribution in [0.5, 0.6) is 0 Å². The van der Waals surface area contributed by atoms with E-state index in [2.05, 4.69) is 5.32 Å². The van der Waals surface area contributed by atoms with Crippen LogP contribution in [-0.4, -0.2) is 28.7 Å². The molecule has 0 heterocycles. The van der Waals surface area contributed by atoms with E-state index >= 15 is 0 Å². The van der Waals surface area contributed by atoms with Gasteiger partial charge < -0.3 is 15.5 Å². The third-order valence-electron chi connectivity index (χ3n) is 1.81. The topological polar surface area (TPSA) is 86.6 Å². The van der Waals surface area contributed by atoms with Crippen LogP contribution in [0.25, 0.3) is 0 Å². The second kappa shape index (κ2) is 4.99. The lowest BCUT2D eigenvalue weighted by molar-refractivity contribution is -0.136. The zero-order valence-corrected chi connectivity index (χ0v) is 7.93. The molecule has 0 fully saturated rings. The molecule has 0 bridgehead atoms. The minimum Gasteiger partial charge on any atom is -0.481 e. The number of aliphatic carboxylic acids is 1. The average Bonchev–Trinajstić information content (AvgIpc) is 2.17. The monoisotopic (exact) mass is 209 g/mol. The molecular weight excluding hydrogens is 198 g/mol. The summed E-state index contributed by atoms with van der Waals surface area (Å²) in [5, 5.41) is 20.0. The van der Waals surface area contributed by atoms with Gasteiger partial charge in [-0.3, -0.25) is 4.79 Å². The van der Waals surface area contributed by atoms with Crippen LogP contribution in [0, 0.1) is 0 Å². The summed E-state index contributed by atoms with van der Waals surface area (Å²) >= 11 is 0. The highest BCUT2D eigenvalue weighted by Gasteiger charge is 2.08. The Morgan fingerprint density at radius 1 is 1.20 bits per heavy atom. The zero-order valence-electron chi connectivity index (χ0n) is 7.93. The molecule has 1 aromatic rings. The number of rotatable bonds is 5. The quantitative estimate of drug-likeness (QED) is 0.679. The van der Waals surface area contributed by atoms with Crippen molar-refractivity contribution in [2.24, 2.45) is 0 Å². The Morgan fingerprint density at radius 2 is 1.87 bits per heavy atom. The van der Waals surface area contributed by atoms with Crippen LogP contribution >= 0.6 is 0 Å². The van der Waals surface area contributed by atoms with Crippen LogP contribution in [-0.2, 0) is 4.79 Å². The molecule has 1 rings (SSSR count). The molecule has 0 aliphatic rings. The fourth-order valence-corrected chi connectivity index (χ4v) is 1.13. The Hall–Kier alpha value is -2.04. The van der Waals surface area contributed by atoms with E-state index in [1.54, 1.807) is 18.2 Å². The van der Waals surface area contributed by atoms with E-state index in [9.17, 15) is 9.59 Å². The van der Waals surface area contributed by atoms with Gasteiger partial charge in [0.25, 0.3) is 0 Å². The Balaban J connectivity index is 2.67. The number of para-hydroxylation sites is 1. The highest BCUT2D eigenvalue weighted by molar-refractivity contribution is 5.94. The maximum Gasteiger partial charge on any atom is 0.337 e. The summed E-state index contributed by atoms with van der Waals surface area (Å²) in [4.78, 5) is 21.0. The standard InChI is InChI=1S/C10H11NO4/c12-9(13)5-6-11-8-4-2-1-3-7(8)10(14)15/h1-4,11H,5-6H2,(H,12,13)(H,14,15). The highest BCUT2D eigenvalue weighted by Crippen LogP contribution is 2.14. The first-order chi connectivity index (χ1) is 7.11. The lowest BCUT2D eigenvalue weighted by Crippen LogP contribution is -2.10. The highest BCUT2D eigenvalue weighted by atomic mass is 16.4. The predicted molar refractivity (Wildman–Crippen MR) is 54.1 cm³/mol. The van der Waals surface area contributed by atoms with Crippen molar-refractivity contribution in [1.82, 2.24) is 0 Å². The van der Waals surface area contributed by atoms with Crippen molar-refractivity contribution in [2.75, 3.05) is 11.9 Å². The molecule has 0 amide bonds. The van der Waals surface area contributed by atoms with Gasteiger partial charge in [0.15, 0.2) is 0 Å². The molecule has 0 unspecified atom stereocenters. The van der Waals surface area contributed by atoms with E-state index in [4.69, 9.17) is 10.2 Å². The first-order valence-electron chi connectivity index (χ1n) is 4.39. The summed E-state index contributed by atoms with van der Waals surface area (Å²) in [6.07, 6.45) is -0.0477. The summed E-state index contributed by atoms with van der Waals surface area (Å²) < 4.78 is 0. The molecule has 5 heteroatoms. The largest absolute Gasteiger partial charge is 0.481 e. The smallest absolute Gasteiger partial charge is 0.337 e. The lowest BCUT2D eigenvalue weighted by Gasteiger charge is -2.07. The van der Waals surface area contributed by atoms with Gasteiger partial charge in [0.05, 0.1) is 12.0 Å². The number of carboxylic acid groups (broad SMARTS) is 2. The number of hydrogen-bond acceptors (Lipinski definition) is 3. The van der Waals surface area contributed by atoms with Crippen molar-refractivity contribution in [3.8, 4) is 0 Å². The molecule has 0 aliphatic heterocycles. The normalized spacial score (nSPS) is 9.60. The maximum absolute atomic E-state index is 10.8. The summed E-state index contributed by atoms with van der Waals surface area (Å²) in [6, 6.07) is 6.37. The van der Waals surface area contributed by atoms with E-state index < -0.39 is 11.9 Å². The number of benzene rings is 1. The fraction of sp³-hybridized carbons (Fsp3) is 0.200. The Labute approximate surface area is 86.4 Å². The van der Waals surface area contributed by atoms with Gasteiger partial charge in [-0.1, -0.05) is 12.1 Å². The molecule has 0 radical (unpaired) electrons. The van der Waals surface area contributed by atoms with Crippen molar-refractivity contribution in [1.29, 1.82) is 0 Å². The second-order valence-electron chi connectivity index (χ2n) is 2.92. The minimum absolute atomic E-state index is 0.0477. The minimum atomic E-state index is -1.03. The van der Waals surface area contributed by atoms with Crippen LogP contribution < -0.4 is 5.32 Å². The molecule has 0 aliphatic carbocycles. The van der Waals surface area contributed by atoms with Gasteiger partial charge in [-0.2, -0.15) is 0 Å². The Bertz CT molecular complexity index is 375. The molecule has 80 valence electrons. The number of aromatic carboxylic acids is 1. The van der Waals surface area contributed by atoms with Crippen molar-refractivity contribution < 1.29 is 19.8 Å². The molecule has 0 spiro atoms. The maximum atomic E-state index is 10.8. The van der Waals surface area contributed by atoms with Crippen LogP contribution in [0.15, 0.2) is 24.3 Å². The summed E-state index contributed by atoms with van der Waals surface area (Å²) in [5.74, 6) is -1.95. The lowest BCUT2D eigenvalue weighted by atomic mass is 10.2. The predicted octanol–water partition coefficient (Wildman–Crippen LogP) is 1.27. The number of nitrogens with one attached hydrogen (secondary N) is 1. The molecular formula is C10H11NO4. The second-order valence-corrected chi connectivity index (χ2v) is 2.92. The van der Waals surface area contributed by atoms with Gasteiger partial charge in [0.1, 0.15) is 0 Å². The SMILES string of the molecule is O=C(O)CCNc1ccccc1C(=O)O. The van der Waals surface area contributed by atoms with E-state index in [0.717, 1.165) is 0 Å². The van der Waals surface area contributed by atoms with Crippen LogP contribution in [0.1, 0.15) is 16.8 Å². The Kier molecular flexibility index (Phi) is 3.68. The fourth-order valence-electron chi connectivity index (χ4n) is 1.13. The van der Waals surface area contributed by atoms with Gasteiger partial charge in [-0.15, -0.1) is 0 Å². The number of carbonyl (C=O) groups is 2. The molecule has 3 N–H and O–H groups in total. The van der Waals surface area contributed by atoms with Crippen molar-refractivity contribution in [3.63, 3.8) is 0 Å². The Morgan fingerprint density at radius 3 is 2.47 bits per heavy atom. The van der Waals surface area contributed by atoms with Gasteiger partial charge >= 0.3 is 11.9 Å². The molecule has 0 saturated heterocycles. The van der Waals surface area contributed by atoms with Gasteiger partial charge in [0, 0.05) is 12.2 Å². The van der Waals surface area contributed by atoms with E-state index in [-0.39, 0.29) is 18.5 Å². The van der Waals surface area contributed by atoms with E-state index in [0.29, 0.717) is 5.69 Å². The van der Waals surface area contributed by atoms with Crippen molar-refractivity contribution in [3.05, 3.63) is 29.8 Å². The first kappa shape index (κ1) is 11.0. The average molecular weight is 209 g/mol. The van der Waals surface area contributed by atoms with Crippen LogP contribution in [0.4, 0.5) is 5.69 Å². The third kappa shape index (κ3) is 3.30. The summed E-state index contributed by atoms with van der Waals surface area (Å²) in [5.41, 5.74) is 0.578. The van der Waals surface area contributed by atoms with Crippen LogP contribution in [0.3, 0.4) is 0 Å². The van der Waals surface area contributed by atoms with Gasteiger partial charge in [-0.05, 0) is 12.1 Å². The first-order valence-corrected chi connectivity index (χ1v) is 4.39. The molecule has 0 aromatic heterocycles. The van der Waals surface area contributed by atoms with Crippen molar-refractivity contribution in [2.45, 2.75) is 6.42 Å².